The maximum absolute atomic E-state index is 13.9. The molecule has 0 aliphatic rings. The number of hydrogen-bond acceptors (Lipinski definition) is 4. The standard InChI is InChI=1S/C30H36ClN3O4S/c1-5-6-19-32-30(36)24(4)33(20-25-13-15-26(31)16-14-25)29(35)21-34(28-10-8-7-9-23(28)3)39(37,38)27-17-11-22(2)12-18-27/h7-18,24H,5-6,19-21H2,1-4H3,(H,32,36)/t24-/m0/s1. The van der Waals surface area contributed by atoms with Crippen LogP contribution in [0.15, 0.2) is 77.7 Å². The van der Waals surface area contributed by atoms with Gasteiger partial charge >= 0.3 is 0 Å². The van der Waals surface area contributed by atoms with Gasteiger partial charge in [0.15, 0.2) is 0 Å². The van der Waals surface area contributed by atoms with E-state index in [2.05, 4.69) is 5.32 Å². The van der Waals surface area contributed by atoms with E-state index >= 15 is 0 Å². The third-order valence-electron chi connectivity index (χ3n) is 6.54. The van der Waals surface area contributed by atoms with Crippen molar-refractivity contribution in [3.63, 3.8) is 0 Å². The van der Waals surface area contributed by atoms with Gasteiger partial charge in [-0.15, -0.1) is 0 Å². The van der Waals surface area contributed by atoms with E-state index < -0.39 is 28.5 Å². The summed E-state index contributed by atoms with van der Waals surface area (Å²) in [7, 11) is -4.10. The average molecular weight is 570 g/mol. The molecule has 2 amide bonds. The molecule has 1 N–H and O–H groups in total. The smallest absolute Gasteiger partial charge is 0.264 e. The minimum atomic E-state index is -4.10. The first kappa shape index (κ1) is 30.2. The summed E-state index contributed by atoms with van der Waals surface area (Å²) >= 11 is 6.05. The molecule has 0 spiro atoms. The van der Waals surface area contributed by atoms with Crippen LogP contribution in [-0.4, -0.2) is 44.3 Å². The molecule has 3 rings (SSSR count). The van der Waals surface area contributed by atoms with Gasteiger partial charge in [-0.25, -0.2) is 8.42 Å². The van der Waals surface area contributed by atoms with Gasteiger partial charge in [0.2, 0.25) is 11.8 Å². The Labute approximate surface area is 236 Å². The minimum Gasteiger partial charge on any atom is -0.354 e. The van der Waals surface area contributed by atoms with Crippen molar-refractivity contribution < 1.29 is 18.0 Å². The van der Waals surface area contributed by atoms with E-state index in [-0.39, 0.29) is 17.3 Å². The molecular formula is C30H36ClN3O4S. The SMILES string of the molecule is CCCCNC(=O)[C@H](C)N(Cc1ccc(Cl)cc1)C(=O)CN(c1ccccc1C)S(=O)(=O)c1ccc(C)cc1. The molecule has 0 aromatic heterocycles. The first-order valence-corrected chi connectivity index (χ1v) is 14.8. The fraction of sp³-hybridized carbons (Fsp3) is 0.333. The number of halogens is 1. The molecule has 0 radical (unpaired) electrons. The molecular weight excluding hydrogens is 534 g/mol. The highest BCUT2D eigenvalue weighted by Gasteiger charge is 2.33. The van der Waals surface area contributed by atoms with E-state index in [0.29, 0.717) is 22.8 Å². The third kappa shape index (κ3) is 7.83. The van der Waals surface area contributed by atoms with Crippen molar-refractivity contribution >= 4 is 39.1 Å². The largest absolute Gasteiger partial charge is 0.354 e. The summed E-state index contributed by atoms with van der Waals surface area (Å²) < 4.78 is 28.9. The molecule has 0 aliphatic heterocycles. The van der Waals surface area contributed by atoms with Crippen LogP contribution in [0.4, 0.5) is 5.69 Å². The van der Waals surface area contributed by atoms with Crippen LogP contribution in [0.2, 0.25) is 5.02 Å². The number of carbonyl (C=O) groups is 2. The number of rotatable bonds is 12. The first-order chi connectivity index (χ1) is 18.5. The van der Waals surface area contributed by atoms with E-state index in [0.717, 1.165) is 28.3 Å². The van der Waals surface area contributed by atoms with Gasteiger partial charge in [0, 0.05) is 18.1 Å². The lowest BCUT2D eigenvalue weighted by atomic mass is 10.1. The van der Waals surface area contributed by atoms with Gasteiger partial charge in [0.25, 0.3) is 10.0 Å². The molecule has 3 aromatic carbocycles. The van der Waals surface area contributed by atoms with Crippen molar-refractivity contribution in [1.29, 1.82) is 0 Å². The van der Waals surface area contributed by atoms with Crippen LogP contribution in [0, 0.1) is 13.8 Å². The summed E-state index contributed by atoms with van der Waals surface area (Å²) in [4.78, 5) is 28.4. The first-order valence-electron chi connectivity index (χ1n) is 13.0. The molecule has 0 heterocycles. The van der Waals surface area contributed by atoms with Crippen LogP contribution in [0.25, 0.3) is 0 Å². The van der Waals surface area contributed by atoms with Gasteiger partial charge in [0.1, 0.15) is 12.6 Å². The monoisotopic (exact) mass is 569 g/mol. The Morgan fingerprint density at radius 1 is 0.949 bits per heavy atom. The average Bonchev–Trinajstić information content (AvgIpc) is 2.91. The zero-order chi connectivity index (χ0) is 28.6. The van der Waals surface area contributed by atoms with Crippen LogP contribution in [0.5, 0.6) is 0 Å². The normalized spacial score (nSPS) is 12.0. The summed E-state index contributed by atoms with van der Waals surface area (Å²) in [6.07, 6.45) is 1.74. The summed E-state index contributed by atoms with van der Waals surface area (Å²) in [5.41, 5.74) is 2.79. The maximum Gasteiger partial charge on any atom is 0.264 e. The topological polar surface area (TPSA) is 86.8 Å². The van der Waals surface area contributed by atoms with E-state index in [1.54, 1.807) is 68.4 Å². The zero-order valence-electron chi connectivity index (χ0n) is 22.9. The van der Waals surface area contributed by atoms with E-state index in [4.69, 9.17) is 11.6 Å². The number of amides is 2. The summed E-state index contributed by atoms with van der Waals surface area (Å²) in [6, 6.07) is 19.7. The fourth-order valence-electron chi connectivity index (χ4n) is 4.10. The summed E-state index contributed by atoms with van der Waals surface area (Å²) in [5.74, 6) is -0.795. The number of aryl methyl sites for hydroxylation is 2. The molecule has 0 aliphatic carbocycles. The summed E-state index contributed by atoms with van der Waals surface area (Å²) in [6.45, 7) is 7.50. The maximum atomic E-state index is 13.9. The number of unbranched alkanes of at least 4 members (excludes halogenated alkanes) is 1. The Morgan fingerprint density at radius 2 is 1.59 bits per heavy atom. The number of nitrogens with zero attached hydrogens (tertiary/aromatic N) is 2. The quantitative estimate of drug-likeness (QED) is 0.292. The molecule has 0 fully saturated rings. The molecule has 1 atom stereocenters. The second-order valence-electron chi connectivity index (χ2n) is 9.58. The lowest BCUT2D eigenvalue weighted by Crippen LogP contribution is -2.51. The predicted octanol–water partition coefficient (Wildman–Crippen LogP) is 5.49. The van der Waals surface area contributed by atoms with Crippen molar-refractivity contribution in [3.05, 3.63) is 94.5 Å². The number of carbonyl (C=O) groups excluding carboxylic acids is 2. The van der Waals surface area contributed by atoms with Gasteiger partial charge in [-0.1, -0.05) is 73.0 Å². The molecule has 208 valence electrons. The van der Waals surface area contributed by atoms with Crippen LogP contribution >= 0.6 is 11.6 Å². The summed E-state index contributed by atoms with van der Waals surface area (Å²) in [5, 5.41) is 3.44. The number of nitrogens with one attached hydrogen (secondary N) is 1. The van der Waals surface area contributed by atoms with Crippen molar-refractivity contribution in [3.8, 4) is 0 Å². The number of hydrogen-bond donors (Lipinski definition) is 1. The third-order valence-corrected chi connectivity index (χ3v) is 8.56. The van der Waals surface area contributed by atoms with E-state index in [1.807, 2.05) is 19.9 Å². The predicted molar refractivity (Wildman–Crippen MR) is 156 cm³/mol. The van der Waals surface area contributed by atoms with Crippen molar-refractivity contribution in [2.24, 2.45) is 0 Å². The highest BCUT2D eigenvalue weighted by Crippen LogP contribution is 2.27. The number of sulfonamides is 1. The molecule has 0 saturated heterocycles. The second-order valence-corrected chi connectivity index (χ2v) is 11.9. The fourth-order valence-corrected chi connectivity index (χ4v) is 5.70. The Morgan fingerprint density at radius 3 is 2.21 bits per heavy atom. The Hall–Kier alpha value is -3.36. The van der Waals surface area contributed by atoms with E-state index in [9.17, 15) is 18.0 Å². The number of anilines is 1. The molecule has 0 bridgehead atoms. The van der Waals surface area contributed by atoms with Crippen molar-refractivity contribution in [2.75, 3.05) is 17.4 Å². The van der Waals surface area contributed by atoms with Gasteiger partial charge in [-0.05, 0) is 68.7 Å². The number of benzene rings is 3. The van der Waals surface area contributed by atoms with Crippen LogP contribution in [0.1, 0.15) is 43.4 Å². The lowest BCUT2D eigenvalue weighted by molar-refractivity contribution is -0.139. The lowest BCUT2D eigenvalue weighted by Gasteiger charge is -2.32. The van der Waals surface area contributed by atoms with Crippen LogP contribution in [-0.2, 0) is 26.2 Å². The van der Waals surface area contributed by atoms with Crippen molar-refractivity contribution in [2.45, 2.75) is 58.0 Å². The zero-order valence-corrected chi connectivity index (χ0v) is 24.4. The molecule has 7 nitrogen and oxygen atoms in total. The van der Waals surface area contributed by atoms with Gasteiger partial charge < -0.3 is 10.2 Å². The highest BCUT2D eigenvalue weighted by atomic mass is 35.5. The van der Waals surface area contributed by atoms with Gasteiger partial charge in [0.05, 0.1) is 10.6 Å². The molecule has 9 heteroatoms. The van der Waals surface area contributed by atoms with Crippen LogP contribution in [0.3, 0.4) is 0 Å². The second kappa shape index (κ2) is 13.6. The molecule has 0 saturated carbocycles. The van der Waals surface area contributed by atoms with Gasteiger partial charge in [-0.2, -0.15) is 0 Å². The Balaban J connectivity index is 2.00. The van der Waals surface area contributed by atoms with E-state index in [1.165, 1.54) is 17.0 Å². The van der Waals surface area contributed by atoms with Gasteiger partial charge in [-0.3, -0.25) is 13.9 Å². The minimum absolute atomic E-state index is 0.0822. The van der Waals surface area contributed by atoms with Crippen molar-refractivity contribution in [1.82, 2.24) is 10.2 Å². The Bertz CT molecular complexity index is 1380. The molecule has 3 aromatic rings. The molecule has 0 unspecified atom stereocenters. The highest BCUT2D eigenvalue weighted by molar-refractivity contribution is 7.92. The number of para-hydroxylation sites is 1. The Kier molecular flexibility index (Phi) is 10.5. The van der Waals surface area contributed by atoms with Crippen LogP contribution < -0.4 is 9.62 Å². The molecule has 39 heavy (non-hydrogen) atoms.